The van der Waals surface area contributed by atoms with E-state index in [0.29, 0.717) is 5.16 Å². The summed E-state index contributed by atoms with van der Waals surface area (Å²) < 4.78 is 0. The summed E-state index contributed by atoms with van der Waals surface area (Å²) in [5.74, 6) is 0.572. The molecule has 0 aliphatic carbocycles. The number of carbonyl (C=O) groups is 1. The van der Waals surface area contributed by atoms with Gasteiger partial charge in [-0.3, -0.25) is 9.89 Å². The molecule has 1 aromatic carbocycles. The summed E-state index contributed by atoms with van der Waals surface area (Å²) in [5, 5.41) is 10.7. The highest BCUT2D eigenvalue weighted by molar-refractivity contribution is 7.99. The van der Waals surface area contributed by atoms with Crippen LogP contribution in [0.3, 0.4) is 0 Å². The Morgan fingerprint density at radius 3 is 2.52 bits per heavy atom. The number of aromatic nitrogens is 3. The van der Waals surface area contributed by atoms with Crippen LogP contribution in [-0.2, 0) is 11.2 Å². The quantitative estimate of drug-likeness (QED) is 0.510. The number of H-pyrrole nitrogens is 1. The summed E-state index contributed by atoms with van der Waals surface area (Å²) in [6.07, 6.45) is 1.78. The van der Waals surface area contributed by atoms with Gasteiger partial charge in [0.25, 0.3) is 0 Å². The van der Waals surface area contributed by atoms with Crippen LogP contribution < -0.4 is 5.32 Å². The first-order valence-electron chi connectivity index (χ1n) is 6.59. The van der Waals surface area contributed by atoms with Gasteiger partial charge >= 0.3 is 0 Å². The van der Waals surface area contributed by atoms with Gasteiger partial charge in [-0.15, -0.1) is 5.10 Å². The number of hydrogen-bond donors (Lipinski definition) is 2. The van der Waals surface area contributed by atoms with Gasteiger partial charge in [0.1, 0.15) is 5.82 Å². The Hall–Kier alpha value is -0.660. The summed E-state index contributed by atoms with van der Waals surface area (Å²) >= 11 is 25.1. The standard InChI is InChI=1S/C13H12Cl4N4OS/c1-2-3-8-18-13(21-20-8)23-5-9(22)19-12-10(16)6(14)4-7(15)11(12)17/h4H,2-3,5H2,1H3,(H,19,22)(H,18,20,21). The molecule has 0 bridgehead atoms. The molecule has 1 amide bonds. The van der Waals surface area contributed by atoms with Crippen molar-refractivity contribution >= 4 is 69.8 Å². The van der Waals surface area contributed by atoms with Gasteiger partial charge in [-0.1, -0.05) is 65.1 Å². The Labute approximate surface area is 157 Å². The zero-order valence-electron chi connectivity index (χ0n) is 11.9. The number of hydrogen-bond acceptors (Lipinski definition) is 4. The number of nitrogens with zero attached hydrogens (tertiary/aromatic N) is 2. The molecule has 0 unspecified atom stereocenters. The highest BCUT2D eigenvalue weighted by Gasteiger charge is 2.17. The number of benzene rings is 1. The third-order valence-electron chi connectivity index (χ3n) is 2.71. The van der Waals surface area contributed by atoms with Crippen LogP contribution >= 0.6 is 58.2 Å². The second-order valence-electron chi connectivity index (χ2n) is 4.49. The van der Waals surface area contributed by atoms with Gasteiger partial charge in [-0.25, -0.2) is 4.98 Å². The number of anilines is 1. The SMILES string of the molecule is CCCc1nc(SCC(=O)Nc2c(Cl)c(Cl)cc(Cl)c2Cl)n[nH]1. The van der Waals surface area contributed by atoms with Gasteiger partial charge in [0, 0.05) is 6.42 Å². The van der Waals surface area contributed by atoms with Crippen LogP contribution in [0.2, 0.25) is 20.1 Å². The summed E-state index contributed by atoms with van der Waals surface area (Å²) in [4.78, 5) is 16.3. The van der Waals surface area contributed by atoms with E-state index in [1.807, 2.05) is 6.92 Å². The number of halogens is 4. The second-order valence-corrected chi connectivity index (χ2v) is 7.01. The lowest BCUT2D eigenvalue weighted by molar-refractivity contribution is -0.113. The van der Waals surface area contributed by atoms with Crippen LogP contribution in [0.25, 0.3) is 0 Å². The number of thioether (sulfide) groups is 1. The van der Waals surface area contributed by atoms with Crippen LogP contribution in [0.1, 0.15) is 19.2 Å². The molecule has 2 aromatic rings. The zero-order valence-corrected chi connectivity index (χ0v) is 15.8. The number of aryl methyl sites for hydroxylation is 1. The molecule has 0 saturated carbocycles. The molecule has 5 nitrogen and oxygen atoms in total. The lowest BCUT2D eigenvalue weighted by Gasteiger charge is -2.11. The Kier molecular flexibility index (Phi) is 6.85. The summed E-state index contributed by atoms with van der Waals surface area (Å²) in [6.45, 7) is 2.05. The molecule has 1 aromatic heterocycles. The molecule has 0 spiro atoms. The van der Waals surface area contributed by atoms with Crippen LogP contribution in [0.4, 0.5) is 5.69 Å². The van der Waals surface area contributed by atoms with Crippen LogP contribution in [0.5, 0.6) is 0 Å². The minimum Gasteiger partial charge on any atom is -0.323 e. The van der Waals surface area contributed by atoms with Crippen molar-refractivity contribution in [3.63, 3.8) is 0 Å². The monoisotopic (exact) mass is 412 g/mol. The van der Waals surface area contributed by atoms with Crippen molar-refractivity contribution in [2.75, 3.05) is 11.1 Å². The summed E-state index contributed by atoms with van der Waals surface area (Å²) in [5.41, 5.74) is 0.193. The lowest BCUT2D eigenvalue weighted by Crippen LogP contribution is -2.15. The van der Waals surface area contributed by atoms with Gasteiger partial charge < -0.3 is 5.32 Å². The molecule has 0 radical (unpaired) electrons. The fourth-order valence-electron chi connectivity index (χ4n) is 1.68. The molecule has 0 fully saturated rings. The van der Waals surface area contributed by atoms with E-state index in [1.165, 1.54) is 17.8 Å². The maximum absolute atomic E-state index is 12.0. The van der Waals surface area contributed by atoms with Gasteiger partial charge in [-0.05, 0) is 12.5 Å². The number of aromatic amines is 1. The molecule has 1 heterocycles. The average Bonchev–Trinajstić information content (AvgIpc) is 2.96. The van der Waals surface area contributed by atoms with Crippen molar-refractivity contribution in [3.05, 3.63) is 32.0 Å². The van der Waals surface area contributed by atoms with Crippen molar-refractivity contribution in [2.24, 2.45) is 0 Å². The van der Waals surface area contributed by atoms with Crippen molar-refractivity contribution in [1.82, 2.24) is 15.2 Å². The fraction of sp³-hybridized carbons (Fsp3) is 0.308. The molecule has 0 aliphatic heterocycles. The van der Waals surface area contributed by atoms with E-state index in [9.17, 15) is 4.79 Å². The van der Waals surface area contributed by atoms with Crippen LogP contribution in [0.15, 0.2) is 11.2 Å². The van der Waals surface area contributed by atoms with Gasteiger partial charge in [0.05, 0.1) is 31.5 Å². The minimum atomic E-state index is -0.320. The van der Waals surface area contributed by atoms with Gasteiger partial charge in [0.15, 0.2) is 0 Å². The largest absolute Gasteiger partial charge is 0.323 e. The molecule has 10 heteroatoms. The van der Waals surface area contributed by atoms with Crippen molar-refractivity contribution in [3.8, 4) is 0 Å². The lowest BCUT2D eigenvalue weighted by atomic mass is 10.3. The Balaban J connectivity index is 2.00. The summed E-state index contributed by atoms with van der Waals surface area (Å²) in [7, 11) is 0. The Morgan fingerprint density at radius 2 is 1.91 bits per heavy atom. The predicted molar refractivity (Wildman–Crippen MR) is 96.2 cm³/mol. The molecule has 0 saturated heterocycles. The van der Waals surface area contributed by atoms with E-state index in [4.69, 9.17) is 46.4 Å². The van der Waals surface area contributed by atoms with Gasteiger partial charge in [0.2, 0.25) is 11.1 Å². The number of amides is 1. The third kappa shape index (κ3) is 4.90. The first-order chi connectivity index (χ1) is 10.9. The number of nitrogens with one attached hydrogen (secondary N) is 2. The van der Waals surface area contributed by atoms with E-state index < -0.39 is 0 Å². The molecule has 0 atom stereocenters. The topological polar surface area (TPSA) is 70.7 Å². The third-order valence-corrected chi connectivity index (χ3v) is 5.13. The molecule has 2 rings (SSSR count). The van der Waals surface area contributed by atoms with Crippen LogP contribution in [-0.4, -0.2) is 26.8 Å². The van der Waals surface area contributed by atoms with Crippen LogP contribution in [0, 0.1) is 0 Å². The second kappa shape index (κ2) is 8.44. The van der Waals surface area contributed by atoms with E-state index in [2.05, 4.69) is 20.5 Å². The first kappa shape index (κ1) is 18.7. The zero-order chi connectivity index (χ0) is 17.0. The molecule has 23 heavy (non-hydrogen) atoms. The maximum atomic E-state index is 12.0. The van der Waals surface area contributed by atoms with E-state index in [-0.39, 0.29) is 37.4 Å². The minimum absolute atomic E-state index is 0.0974. The normalized spacial score (nSPS) is 10.8. The maximum Gasteiger partial charge on any atom is 0.234 e. The molecule has 0 aliphatic rings. The first-order valence-corrected chi connectivity index (χ1v) is 9.09. The highest BCUT2D eigenvalue weighted by atomic mass is 35.5. The molecular formula is C13H12Cl4N4OS. The Bertz CT molecular complexity index is 696. The Morgan fingerprint density at radius 1 is 1.26 bits per heavy atom. The molecule has 2 N–H and O–H groups in total. The smallest absolute Gasteiger partial charge is 0.234 e. The van der Waals surface area contributed by atoms with E-state index >= 15 is 0 Å². The van der Waals surface area contributed by atoms with Crippen molar-refractivity contribution < 1.29 is 4.79 Å². The predicted octanol–water partition coefficient (Wildman–Crippen LogP) is 5.10. The highest BCUT2D eigenvalue weighted by Crippen LogP contribution is 2.41. The molecular weight excluding hydrogens is 402 g/mol. The number of carbonyl (C=O) groups excluding carboxylic acids is 1. The van der Waals surface area contributed by atoms with Crippen molar-refractivity contribution in [2.45, 2.75) is 24.9 Å². The van der Waals surface area contributed by atoms with E-state index in [1.54, 1.807) is 0 Å². The summed E-state index contributed by atoms with van der Waals surface area (Å²) in [6, 6.07) is 1.42. The van der Waals surface area contributed by atoms with Gasteiger partial charge in [-0.2, -0.15) is 0 Å². The number of rotatable bonds is 6. The average molecular weight is 414 g/mol. The molecule has 124 valence electrons. The fourth-order valence-corrected chi connectivity index (χ4v) is 3.20. The van der Waals surface area contributed by atoms with E-state index in [0.717, 1.165) is 18.7 Å². The van der Waals surface area contributed by atoms with Crippen molar-refractivity contribution in [1.29, 1.82) is 0 Å².